The van der Waals surface area contributed by atoms with Crippen LogP contribution in [0.25, 0.3) is 0 Å². The number of aliphatic carboxylic acids is 2. The van der Waals surface area contributed by atoms with E-state index in [1.54, 1.807) is 6.92 Å². The Bertz CT molecular complexity index is 954. The van der Waals surface area contributed by atoms with Gasteiger partial charge in [-0.25, -0.2) is 9.78 Å². The van der Waals surface area contributed by atoms with Crippen molar-refractivity contribution in [1.29, 1.82) is 0 Å². The summed E-state index contributed by atoms with van der Waals surface area (Å²) in [5, 5.41) is 23.7. The molecular formula is C15H16ClN5O7S2. The van der Waals surface area contributed by atoms with Gasteiger partial charge >= 0.3 is 11.9 Å². The molecule has 3 atom stereocenters. The Morgan fingerprint density at radius 1 is 1.47 bits per heavy atom. The molecule has 5 N–H and O–H groups in total. The summed E-state index contributed by atoms with van der Waals surface area (Å²) < 4.78 is 0.0335. The topological polar surface area (TPSA) is 185 Å². The fourth-order valence-corrected chi connectivity index (χ4v) is 5.27. The first-order chi connectivity index (χ1) is 14.0. The molecular weight excluding hydrogens is 462 g/mol. The van der Waals surface area contributed by atoms with Crippen LogP contribution in [0.3, 0.4) is 0 Å². The highest BCUT2D eigenvalue weighted by atomic mass is 35.5. The average Bonchev–Trinajstić information content (AvgIpc) is 3.00. The SMILES string of the molecule is CC1(C(=O)O)CS[C@@H]2C(NC(=O)C(=NOCC(=O)O)c3nc(N)sc3Cl)C(=O)N2C1. The Labute approximate surface area is 182 Å². The standard InChI is InChI=1S/C15H16ClN5O7S2/c1-15(13(26)27)3-21-11(25)8(12(21)29-4-15)18-10(24)7(20-28-2-5(22)23)6-9(16)30-14(17)19-6/h8,12H,2-4H2,1H3,(H2,17,19)(H,18,24)(H,22,23)(H,26,27)/t8?,12-,15?/m1/s1. The van der Waals surface area contributed by atoms with Crippen LogP contribution in [-0.2, 0) is 24.0 Å². The summed E-state index contributed by atoms with van der Waals surface area (Å²) in [6.07, 6.45) is 0. The molecule has 162 valence electrons. The third kappa shape index (κ3) is 4.15. The van der Waals surface area contributed by atoms with E-state index in [1.807, 2.05) is 0 Å². The number of amides is 2. The lowest BCUT2D eigenvalue weighted by Crippen LogP contribution is -2.73. The Kier molecular flexibility index (Phi) is 6.10. The molecule has 0 aliphatic carbocycles. The van der Waals surface area contributed by atoms with Crippen molar-refractivity contribution in [3.05, 3.63) is 10.0 Å². The quantitative estimate of drug-likeness (QED) is 0.230. The minimum Gasteiger partial charge on any atom is -0.481 e. The number of β-lactam (4-membered cyclic amide) rings is 1. The molecule has 3 heterocycles. The number of fused-ring (bicyclic) bond motifs is 1. The van der Waals surface area contributed by atoms with E-state index in [9.17, 15) is 24.3 Å². The van der Waals surface area contributed by atoms with E-state index in [4.69, 9.17) is 22.4 Å². The molecule has 12 nitrogen and oxygen atoms in total. The van der Waals surface area contributed by atoms with Gasteiger partial charge in [-0.05, 0) is 6.92 Å². The van der Waals surface area contributed by atoms with Crippen LogP contribution in [0.15, 0.2) is 5.16 Å². The van der Waals surface area contributed by atoms with Gasteiger partial charge < -0.3 is 31.0 Å². The lowest BCUT2D eigenvalue weighted by atomic mass is 9.89. The highest BCUT2D eigenvalue weighted by Crippen LogP contribution is 2.42. The Morgan fingerprint density at radius 2 is 2.17 bits per heavy atom. The van der Waals surface area contributed by atoms with Gasteiger partial charge in [-0.3, -0.25) is 14.4 Å². The zero-order valence-electron chi connectivity index (χ0n) is 15.3. The number of carbonyl (C=O) groups excluding carboxylic acids is 2. The number of oxime groups is 1. The van der Waals surface area contributed by atoms with E-state index in [2.05, 4.69) is 20.3 Å². The van der Waals surface area contributed by atoms with Crippen molar-refractivity contribution in [3.8, 4) is 0 Å². The third-order valence-electron chi connectivity index (χ3n) is 4.42. The number of nitrogens with one attached hydrogen (secondary N) is 1. The zero-order chi connectivity index (χ0) is 22.2. The molecule has 3 rings (SSSR count). The second kappa shape index (κ2) is 8.28. The second-order valence-electron chi connectivity index (χ2n) is 6.77. The van der Waals surface area contributed by atoms with Crippen molar-refractivity contribution in [3.63, 3.8) is 0 Å². The van der Waals surface area contributed by atoms with Crippen molar-refractivity contribution in [2.75, 3.05) is 24.6 Å². The van der Waals surface area contributed by atoms with Gasteiger partial charge in [0.15, 0.2) is 10.8 Å². The molecule has 0 aromatic carbocycles. The molecule has 2 amide bonds. The highest BCUT2D eigenvalue weighted by Gasteiger charge is 2.56. The van der Waals surface area contributed by atoms with E-state index in [0.29, 0.717) is 0 Å². The first-order valence-electron chi connectivity index (χ1n) is 8.34. The van der Waals surface area contributed by atoms with Gasteiger partial charge in [-0.1, -0.05) is 28.1 Å². The molecule has 0 bridgehead atoms. The predicted molar refractivity (Wildman–Crippen MR) is 107 cm³/mol. The number of rotatable bonds is 7. The maximum absolute atomic E-state index is 12.8. The molecule has 2 fully saturated rings. The van der Waals surface area contributed by atoms with Crippen LogP contribution in [0.2, 0.25) is 4.34 Å². The van der Waals surface area contributed by atoms with E-state index in [1.165, 1.54) is 16.7 Å². The molecule has 2 saturated heterocycles. The Hall–Kier alpha value is -2.58. The number of thioether (sulfide) groups is 1. The summed E-state index contributed by atoms with van der Waals surface area (Å²) in [7, 11) is 0. The van der Waals surface area contributed by atoms with Crippen molar-refractivity contribution < 1.29 is 34.2 Å². The fourth-order valence-electron chi connectivity index (χ4n) is 2.85. The number of anilines is 1. The van der Waals surface area contributed by atoms with Crippen LogP contribution in [0.5, 0.6) is 0 Å². The summed E-state index contributed by atoms with van der Waals surface area (Å²) in [4.78, 5) is 57.2. The minimum absolute atomic E-state index is 0.0301. The number of nitrogen functional groups attached to an aromatic ring is 1. The maximum Gasteiger partial charge on any atom is 0.344 e. The van der Waals surface area contributed by atoms with Crippen LogP contribution in [0.1, 0.15) is 12.6 Å². The molecule has 0 spiro atoms. The van der Waals surface area contributed by atoms with E-state index >= 15 is 0 Å². The van der Waals surface area contributed by atoms with Gasteiger partial charge in [0.05, 0.1) is 5.41 Å². The van der Waals surface area contributed by atoms with Crippen LogP contribution in [-0.4, -0.2) is 79.9 Å². The van der Waals surface area contributed by atoms with Crippen LogP contribution < -0.4 is 11.1 Å². The summed E-state index contributed by atoms with van der Waals surface area (Å²) >= 11 is 8.14. The molecule has 0 saturated carbocycles. The number of hydrogen-bond donors (Lipinski definition) is 4. The normalized spacial score (nSPS) is 25.9. The number of carboxylic acids is 2. The zero-order valence-corrected chi connectivity index (χ0v) is 17.7. The monoisotopic (exact) mass is 477 g/mol. The van der Waals surface area contributed by atoms with Crippen LogP contribution in [0.4, 0.5) is 5.13 Å². The Morgan fingerprint density at radius 3 is 2.73 bits per heavy atom. The Balaban J connectivity index is 1.75. The molecule has 2 aliphatic heterocycles. The summed E-state index contributed by atoms with van der Waals surface area (Å²) in [6, 6.07) is -0.916. The first kappa shape index (κ1) is 22.1. The molecule has 15 heteroatoms. The summed E-state index contributed by atoms with van der Waals surface area (Å²) in [5.41, 5.74) is 3.96. The molecule has 30 heavy (non-hydrogen) atoms. The average molecular weight is 478 g/mol. The van der Waals surface area contributed by atoms with Crippen molar-refractivity contribution in [2.24, 2.45) is 10.6 Å². The van der Waals surface area contributed by atoms with E-state index in [-0.39, 0.29) is 27.5 Å². The highest BCUT2D eigenvalue weighted by molar-refractivity contribution is 8.00. The van der Waals surface area contributed by atoms with E-state index in [0.717, 1.165) is 11.3 Å². The molecule has 2 unspecified atom stereocenters. The van der Waals surface area contributed by atoms with Crippen LogP contribution in [0, 0.1) is 5.41 Å². The number of aromatic nitrogens is 1. The number of hydrogen-bond acceptors (Lipinski definition) is 10. The second-order valence-corrected chi connectivity index (χ2v) is 9.50. The van der Waals surface area contributed by atoms with Crippen molar-refractivity contribution >= 4 is 69.3 Å². The third-order valence-corrected chi connectivity index (χ3v) is 7.18. The van der Waals surface area contributed by atoms with E-state index < -0.39 is 52.9 Å². The predicted octanol–water partition coefficient (Wildman–Crippen LogP) is -0.325. The lowest BCUT2D eigenvalue weighted by molar-refractivity contribution is -0.157. The molecule has 2 aliphatic rings. The fraction of sp³-hybridized carbons (Fsp3) is 0.467. The molecule has 1 aromatic heterocycles. The number of nitrogens with zero attached hydrogens (tertiary/aromatic N) is 3. The smallest absolute Gasteiger partial charge is 0.344 e. The summed E-state index contributed by atoms with van der Waals surface area (Å²) in [6.45, 7) is 0.773. The lowest BCUT2D eigenvalue weighted by Gasteiger charge is -2.53. The number of carbonyl (C=O) groups is 4. The number of thiazole rings is 1. The van der Waals surface area contributed by atoms with Gasteiger partial charge in [0, 0.05) is 12.3 Å². The first-order valence-corrected chi connectivity index (χ1v) is 10.6. The number of nitrogens with two attached hydrogens (primary N) is 1. The van der Waals surface area contributed by atoms with Gasteiger partial charge in [-0.15, -0.1) is 11.8 Å². The van der Waals surface area contributed by atoms with Gasteiger partial charge in [0.1, 0.15) is 21.4 Å². The van der Waals surface area contributed by atoms with Crippen LogP contribution >= 0.6 is 34.7 Å². The number of halogens is 1. The van der Waals surface area contributed by atoms with Gasteiger partial charge in [0.2, 0.25) is 12.5 Å². The van der Waals surface area contributed by atoms with Gasteiger partial charge in [-0.2, -0.15) is 0 Å². The minimum atomic E-state index is -1.31. The molecule has 1 aromatic rings. The molecule has 0 radical (unpaired) electrons. The largest absolute Gasteiger partial charge is 0.481 e. The van der Waals surface area contributed by atoms with Gasteiger partial charge in [0.25, 0.3) is 5.91 Å². The summed E-state index contributed by atoms with van der Waals surface area (Å²) in [5.74, 6) is -3.36. The van der Waals surface area contributed by atoms with Crippen molar-refractivity contribution in [1.82, 2.24) is 15.2 Å². The maximum atomic E-state index is 12.8. The number of carboxylic acid groups (broad SMARTS) is 2. The van der Waals surface area contributed by atoms with Crippen molar-refractivity contribution in [2.45, 2.75) is 18.3 Å².